The standard InChI is InChI=1S/C21H33N5/c1-5-7-16-25(4)21(22-6-2)23-15-11-12-19-17-26(24-18(19)3)20-13-9-8-10-14-20/h8-10,13-14,17H,5-7,11-12,15-16H2,1-4H3,(H,22,23). The molecular weight excluding hydrogens is 322 g/mol. The number of aliphatic imine (C=N–C) groups is 1. The second-order valence-corrected chi connectivity index (χ2v) is 6.63. The first-order valence-corrected chi connectivity index (χ1v) is 9.75. The molecular formula is C21H33N5. The van der Waals surface area contributed by atoms with Crippen molar-refractivity contribution in [3.8, 4) is 5.69 Å². The zero-order chi connectivity index (χ0) is 18.8. The molecule has 0 aliphatic heterocycles. The molecule has 0 atom stereocenters. The summed E-state index contributed by atoms with van der Waals surface area (Å²) in [4.78, 5) is 7.01. The van der Waals surface area contributed by atoms with E-state index in [2.05, 4.69) is 61.5 Å². The Bertz CT molecular complexity index is 675. The summed E-state index contributed by atoms with van der Waals surface area (Å²) < 4.78 is 1.97. The minimum Gasteiger partial charge on any atom is -0.357 e. The fourth-order valence-corrected chi connectivity index (χ4v) is 2.88. The SMILES string of the molecule is CCCCN(C)C(=NCCCc1cn(-c2ccccc2)nc1C)NCC. The van der Waals surface area contributed by atoms with Crippen LogP contribution in [-0.2, 0) is 6.42 Å². The van der Waals surface area contributed by atoms with Gasteiger partial charge >= 0.3 is 0 Å². The van der Waals surface area contributed by atoms with E-state index in [1.54, 1.807) is 0 Å². The summed E-state index contributed by atoms with van der Waals surface area (Å²) in [5.41, 5.74) is 3.50. The summed E-state index contributed by atoms with van der Waals surface area (Å²) in [6.45, 7) is 9.19. The van der Waals surface area contributed by atoms with Crippen molar-refractivity contribution >= 4 is 5.96 Å². The van der Waals surface area contributed by atoms with Crippen LogP contribution in [-0.4, -0.2) is 47.3 Å². The molecule has 0 fully saturated rings. The quantitative estimate of drug-likeness (QED) is 0.423. The third-order valence-electron chi connectivity index (χ3n) is 4.43. The van der Waals surface area contributed by atoms with Gasteiger partial charge in [-0.05, 0) is 50.8 Å². The number of aromatic nitrogens is 2. The first-order valence-electron chi connectivity index (χ1n) is 9.75. The molecule has 26 heavy (non-hydrogen) atoms. The van der Waals surface area contributed by atoms with Gasteiger partial charge in [0.1, 0.15) is 0 Å². The maximum atomic E-state index is 4.78. The zero-order valence-electron chi connectivity index (χ0n) is 16.7. The lowest BCUT2D eigenvalue weighted by molar-refractivity contribution is 0.464. The molecule has 1 heterocycles. The smallest absolute Gasteiger partial charge is 0.193 e. The van der Waals surface area contributed by atoms with Gasteiger partial charge < -0.3 is 10.2 Å². The molecule has 0 saturated carbocycles. The molecule has 0 amide bonds. The Morgan fingerprint density at radius 1 is 1.19 bits per heavy atom. The summed E-state index contributed by atoms with van der Waals surface area (Å²) >= 11 is 0. The topological polar surface area (TPSA) is 45.5 Å². The number of guanidine groups is 1. The first-order chi connectivity index (χ1) is 12.7. The Morgan fingerprint density at radius 2 is 1.96 bits per heavy atom. The fraction of sp³-hybridized carbons (Fsp3) is 0.524. The van der Waals surface area contributed by atoms with Crippen LogP contribution in [0.25, 0.3) is 5.69 Å². The number of benzene rings is 1. The Morgan fingerprint density at radius 3 is 2.65 bits per heavy atom. The molecule has 0 aliphatic rings. The number of aryl methyl sites for hydroxylation is 2. The highest BCUT2D eigenvalue weighted by Gasteiger charge is 2.07. The van der Waals surface area contributed by atoms with Gasteiger partial charge in [0.25, 0.3) is 0 Å². The van der Waals surface area contributed by atoms with Crippen LogP contribution < -0.4 is 5.32 Å². The molecule has 2 rings (SSSR count). The molecule has 1 N–H and O–H groups in total. The molecule has 0 radical (unpaired) electrons. The maximum absolute atomic E-state index is 4.78. The van der Waals surface area contributed by atoms with E-state index in [-0.39, 0.29) is 0 Å². The Hall–Kier alpha value is -2.30. The maximum Gasteiger partial charge on any atom is 0.193 e. The lowest BCUT2D eigenvalue weighted by Gasteiger charge is -2.21. The first kappa shape index (κ1) is 20.0. The van der Waals surface area contributed by atoms with Gasteiger partial charge in [0.05, 0.1) is 11.4 Å². The van der Waals surface area contributed by atoms with Crippen molar-refractivity contribution < 1.29 is 0 Å². The van der Waals surface area contributed by atoms with Gasteiger partial charge in [0, 0.05) is 32.9 Å². The fourth-order valence-electron chi connectivity index (χ4n) is 2.88. The molecule has 142 valence electrons. The average molecular weight is 356 g/mol. The van der Waals surface area contributed by atoms with Gasteiger partial charge in [-0.3, -0.25) is 4.99 Å². The molecule has 5 nitrogen and oxygen atoms in total. The average Bonchev–Trinajstić information content (AvgIpc) is 3.03. The number of nitrogens with zero attached hydrogens (tertiary/aromatic N) is 4. The molecule has 0 aliphatic carbocycles. The summed E-state index contributed by atoms with van der Waals surface area (Å²) in [6, 6.07) is 10.3. The van der Waals surface area contributed by atoms with Gasteiger partial charge in [-0.1, -0.05) is 31.5 Å². The number of para-hydroxylation sites is 1. The van der Waals surface area contributed by atoms with Crippen molar-refractivity contribution in [2.24, 2.45) is 4.99 Å². The predicted octanol–water partition coefficient (Wildman–Crippen LogP) is 3.81. The minimum absolute atomic E-state index is 0.828. The van der Waals surface area contributed by atoms with Crippen molar-refractivity contribution in [1.82, 2.24) is 20.0 Å². The number of rotatable bonds is 9. The molecule has 2 aromatic rings. The van der Waals surface area contributed by atoms with E-state index in [9.17, 15) is 0 Å². The van der Waals surface area contributed by atoms with E-state index in [0.29, 0.717) is 0 Å². The molecule has 5 heteroatoms. The van der Waals surface area contributed by atoms with Crippen molar-refractivity contribution in [2.45, 2.75) is 46.5 Å². The Kier molecular flexibility index (Phi) is 8.19. The molecule has 1 aromatic carbocycles. The van der Waals surface area contributed by atoms with Crippen LogP contribution in [0.15, 0.2) is 41.5 Å². The number of unbranched alkanes of at least 4 members (excludes halogenated alkanes) is 1. The Labute approximate surface area is 158 Å². The molecule has 0 unspecified atom stereocenters. The van der Waals surface area contributed by atoms with E-state index in [1.165, 1.54) is 18.4 Å². The lowest BCUT2D eigenvalue weighted by atomic mass is 10.1. The lowest BCUT2D eigenvalue weighted by Crippen LogP contribution is -2.39. The molecule has 1 aromatic heterocycles. The monoisotopic (exact) mass is 355 g/mol. The van der Waals surface area contributed by atoms with E-state index in [1.807, 2.05) is 22.9 Å². The zero-order valence-corrected chi connectivity index (χ0v) is 16.7. The largest absolute Gasteiger partial charge is 0.357 e. The van der Waals surface area contributed by atoms with Crippen molar-refractivity contribution in [1.29, 1.82) is 0 Å². The van der Waals surface area contributed by atoms with E-state index < -0.39 is 0 Å². The molecule has 0 saturated heterocycles. The second-order valence-electron chi connectivity index (χ2n) is 6.63. The number of nitrogens with one attached hydrogen (secondary N) is 1. The second kappa shape index (κ2) is 10.6. The van der Waals surface area contributed by atoms with Gasteiger partial charge in [0.2, 0.25) is 0 Å². The normalized spacial score (nSPS) is 11.6. The van der Waals surface area contributed by atoms with Crippen molar-refractivity contribution in [3.63, 3.8) is 0 Å². The minimum atomic E-state index is 0.828. The molecule has 0 bridgehead atoms. The summed E-state index contributed by atoms with van der Waals surface area (Å²) in [5, 5.41) is 8.03. The van der Waals surface area contributed by atoms with Crippen LogP contribution in [0.2, 0.25) is 0 Å². The van der Waals surface area contributed by atoms with Gasteiger partial charge in [-0.15, -0.1) is 0 Å². The highest BCUT2D eigenvalue weighted by Crippen LogP contribution is 2.13. The van der Waals surface area contributed by atoms with Crippen LogP contribution in [0.4, 0.5) is 0 Å². The number of hydrogen-bond donors (Lipinski definition) is 1. The van der Waals surface area contributed by atoms with Crippen LogP contribution in [0.3, 0.4) is 0 Å². The molecule has 0 spiro atoms. The van der Waals surface area contributed by atoms with Crippen molar-refractivity contribution in [2.75, 3.05) is 26.7 Å². The van der Waals surface area contributed by atoms with Crippen LogP contribution >= 0.6 is 0 Å². The summed E-state index contributed by atoms with van der Waals surface area (Å²) in [6.07, 6.45) is 6.57. The Balaban J connectivity index is 1.91. The van der Waals surface area contributed by atoms with Crippen LogP contribution in [0, 0.1) is 6.92 Å². The third kappa shape index (κ3) is 5.90. The highest BCUT2D eigenvalue weighted by atomic mass is 15.3. The summed E-state index contributed by atoms with van der Waals surface area (Å²) in [5.74, 6) is 1.01. The van der Waals surface area contributed by atoms with E-state index in [4.69, 9.17) is 4.99 Å². The van der Waals surface area contributed by atoms with Gasteiger partial charge in [-0.2, -0.15) is 5.10 Å². The third-order valence-corrected chi connectivity index (χ3v) is 4.43. The number of hydrogen-bond acceptors (Lipinski definition) is 2. The van der Waals surface area contributed by atoms with Crippen LogP contribution in [0.1, 0.15) is 44.4 Å². The summed E-state index contributed by atoms with van der Waals surface area (Å²) in [7, 11) is 2.12. The highest BCUT2D eigenvalue weighted by molar-refractivity contribution is 5.79. The van der Waals surface area contributed by atoms with Gasteiger partial charge in [0.15, 0.2) is 5.96 Å². The van der Waals surface area contributed by atoms with Crippen LogP contribution in [0.5, 0.6) is 0 Å². The van der Waals surface area contributed by atoms with Crippen molar-refractivity contribution in [3.05, 3.63) is 47.8 Å². The predicted molar refractivity (Wildman–Crippen MR) is 110 cm³/mol. The van der Waals surface area contributed by atoms with E-state index in [0.717, 1.165) is 49.8 Å². The van der Waals surface area contributed by atoms with Gasteiger partial charge in [-0.25, -0.2) is 4.68 Å². The van der Waals surface area contributed by atoms with E-state index >= 15 is 0 Å².